The highest BCUT2D eigenvalue weighted by molar-refractivity contribution is 6.35. The van der Waals surface area contributed by atoms with Crippen LogP contribution in [0.4, 0.5) is 0 Å². The second kappa shape index (κ2) is 5.83. The van der Waals surface area contributed by atoms with E-state index < -0.39 is 17.9 Å². The van der Waals surface area contributed by atoms with Crippen LogP contribution in [0.2, 0.25) is 0 Å². The van der Waals surface area contributed by atoms with Crippen molar-refractivity contribution in [2.75, 3.05) is 26.2 Å². The number of nitrogens with zero attached hydrogens (tertiary/aromatic N) is 2. The van der Waals surface area contributed by atoms with Crippen LogP contribution in [0, 0.1) is 6.92 Å². The quantitative estimate of drug-likeness (QED) is 0.711. The van der Waals surface area contributed by atoms with E-state index in [1.54, 1.807) is 24.9 Å². The number of rotatable bonds is 2. The van der Waals surface area contributed by atoms with E-state index in [0.717, 1.165) is 0 Å². The van der Waals surface area contributed by atoms with Crippen LogP contribution in [0.5, 0.6) is 0 Å². The van der Waals surface area contributed by atoms with Crippen molar-refractivity contribution in [2.45, 2.75) is 19.9 Å². The van der Waals surface area contributed by atoms with E-state index in [2.05, 4.69) is 15.6 Å². The smallest absolute Gasteiger partial charge is 0.311 e. The predicted octanol–water partition coefficient (Wildman–Crippen LogP) is -0.408. The van der Waals surface area contributed by atoms with Gasteiger partial charge in [0.15, 0.2) is 0 Å². The fraction of sp³-hybridized carbons (Fsp3) is 0.583. The first-order valence-corrected chi connectivity index (χ1v) is 6.30. The van der Waals surface area contributed by atoms with Crippen LogP contribution < -0.4 is 10.6 Å². The lowest BCUT2D eigenvalue weighted by atomic mass is 10.3. The van der Waals surface area contributed by atoms with E-state index >= 15 is 0 Å². The lowest BCUT2D eigenvalue weighted by Crippen LogP contribution is -2.51. The highest BCUT2D eigenvalue weighted by Crippen LogP contribution is 2.11. The summed E-state index contributed by atoms with van der Waals surface area (Å²) >= 11 is 0. The number of carbonyl (C=O) groups excluding carboxylic acids is 2. The molecule has 104 valence electrons. The van der Waals surface area contributed by atoms with Crippen molar-refractivity contribution in [1.82, 2.24) is 20.5 Å². The number of piperazine rings is 1. The first kappa shape index (κ1) is 13.5. The third kappa shape index (κ3) is 3.31. The van der Waals surface area contributed by atoms with E-state index in [0.29, 0.717) is 37.8 Å². The average molecular weight is 266 g/mol. The summed E-state index contributed by atoms with van der Waals surface area (Å²) in [5.41, 5.74) is 0. The van der Waals surface area contributed by atoms with Crippen molar-refractivity contribution in [2.24, 2.45) is 0 Å². The van der Waals surface area contributed by atoms with Gasteiger partial charge in [-0.05, 0) is 13.8 Å². The fourth-order valence-corrected chi connectivity index (χ4v) is 1.90. The molecule has 1 fully saturated rings. The molecular weight excluding hydrogens is 248 g/mol. The van der Waals surface area contributed by atoms with Gasteiger partial charge in [0.1, 0.15) is 11.8 Å². The highest BCUT2D eigenvalue weighted by atomic mass is 16.4. The summed E-state index contributed by atoms with van der Waals surface area (Å²) < 4.78 is 5.31. The molecule has 2 rings (SSSR count). The molecular formula is C12H18N4O3. The number of hydrogen-bond acceptors (Lipinski definition) is 5. The Kier molecular flexibility index (Phi) is 4.16. The van der Waals surface area contributed by atoms with Gasteiger partial charge in [-0.1, -0.05) is 0 Å². The second-order valence-corrected chi connectivity index (χ2v) is 4.55. The van der Waals surface area contributed by atoms with Crippen LogP contribution in [-0.4, -0.2) is 47.9 Å². The highest BCUT2D eigenvalue weighted by Gasteiger charge is 2.25. The Morgan fingerprint density at radius 2 is 2.16 bits per heavy atom. The van der Waals surface area contributed by atoms with Gasteiger partial charge in [-0.25, -0.2) is 4.98 Å². The van der Waals surface area contributed by atoms with Crippen LogP contribution in [0.15, 0.2) is 10.6 Å². The van der Waals surface area contributed by atoms with Crippen molar-refractivity contribution in [1.29, 1.82) is 0 Å². The van der Waals surface area contributed by atoms with E-state index in [1.165, 1.54) is 0 Å². The van der Waals surface area contributed by atoms with Crippen molar-refractivity contribution < 1.29 is 14.0 Å². The molecule has 1 aromatic heterocycles. The molecule has 7 heteroatoms. The third-order valence-corrected chi connectivity index (χ3v) is 2.96. The van der Waals surface area contributed by atoms with Crippen molar-refractivity contribution in [3.05, 3.63) is 17.8 Å². The molecule has 0 aromatic carbocycles. The molecule has 0 bridgehead atoms. The molecule has 0 radical (unpaired) electrons. The molecule has 7 nitrogen and oxygen atoms in total. The van der Waals surface area contributed by atoms with Crippen molar-refractivity contribution in [3.8, 4) is 0 Å². The lowest BCUT2D eigenvalue weighted by Gasteiger charge is -2.27. The Morgan fingerprint density at radius 1 is 1.47 bits per heavy atom. The minimum absolute atomic E-state index is 0.402. The van der Waals surface area contributed by atoms with Crippen LogP contribution in [0.1, 0.15) is 24.6 Å². The molecule has 2 heterocycles. The van der Waals surface area contributed by atoms with Crippen LogP contribution in [0.25, 0.3) is 0 Å². The van der Waals surface area contributed by atoms with Gasteiger partial charge in [0.25, 0.3) is 0 Å². The summed E-state index contributed by atoms with van der Waals surface area (Å²) in [6, 6.07) is -0.423. The van der Waals surface area contributed by atoms with Crippen LogP contribution in [0.3, 0.4) is 0 Å². The molecule has 1 saturated heterocycles. The minimum Gasteiger partial charge on any atom is -0.444 e. The number of amides is 2. The number of oxazole rings is 1. The number of nitrogens with one attached hydrogen (secondary N) is 2. The molecule has 1 unspecified atom stereocenters. The summed E-state index contributed by atoms with van der Waals surface area (Å²) in [5, 5.41) is 5.73. The number of aryl methyl sites for hydroxylation is 1. The predicted molar refractivity (Wildman–Crippen MR) is 67.2 cm³/mol. The monoisotopic (exact) mass is 266 g/mol. The zero-order valence-corrected chi connectivity index (χ0v) is 11.1. The molecule has 1 aromatic rings. The van der Waals surface area contributed by atoms with E-state index in [-0.39, 0.29) is 0 Å². The molecule has 1 aliphatic rings. The summed E-state index contributed by atoms with van der Waals surface area (Å²) in [7, 11) is 0. The van der Waals surface area contributed by atoms with Gasteiger partial charge in [0, 0.05) is 26.2 Å². The van der Waals surface area contributed by atoms with E-state index in [4.69, 9.17) is 4.42 Å². The van der Waals surface area contributed by atoms with Gasteiger partial charge in [0.2, 0.25) is 5.89 Å². The van der Waals surface area contributed by atoms with Crippen LogP contribution >= 0.6 is 0 Å². The Labute approximate surface area is 111 Å². The Hall–Kier alpha value is -1.89. The Bertz CT molecular complexity index is 465. The van der Waals surface area contributed by atoms with Gasteiger partial charge in [-0.2, -0.15) is 0 Å². The van der Waals surface area contributed by atoms with E-state index in [9.17, 15) is 9.59 Å². The number of hydrogen-bond donors (Lipinski definition) is 2. The van der Waals surface area contributed by atoms with Gasteiger partial charge in [-0.15, -0.1) is 0 Å². The van der Waals surface area contributed by atoms with Crippen molar-refractivity contribution in [3.63, 3.8) is 0 Å². The summed E-state index contributed by atoms with van der Waals surface area (Å²) in [5.74, 6) is -0.0506. The zero-order chi connectivity index (χ0) is 13.8. The zero-order valence-electron chi connectivity index (χ0n) is 11.1. The van der Waals surface area contributed by atoms with E-state index in [1.807, 2.05) is 0 Å². The maximum atomic E-state index is 11.9. The summed E-state index contributed by atoms with van der Waals surface area (Å²) in [4.78, 5) is 29.3. The minimum atomic E-state index is -0.620. The summed E-state index contributed by atoms with van der Waals surface area (Å²) in [6.45, 7) is 6.05. The molecule has 1 atom stereocenters. The van der Waals surface area contributed by atoms with Crippen LogP contribution in [-0.2, 0) is 9.59 Å². The topological polar surface area (TPSA) is 87.5 Å². The number of aromatic nitrogens is 1. The maximum Gasteiger partial charge on any atom is 0.311 e. The lowest BCUT2D eigenvalue weighted by molar-refractivity contribution is -0.146. The molecule has 2 amide bonds. The first-order chi connectivity index (χ1) is 9.08. The normalized spacial score (nSPS) is 17.1. The molecule has 2 N–H and O–H groups in total. The van der Waals surface area contributed by atoms with Gasteiger partial charge in [-0.3, -0.25) is 9.59 Å². The standard InChI is InChI=1S/C12H18N4O3/c1-8-7-14-11(19-8)9(2)15-10(17)12(18)16-5-3-13-4-6-16/h7,9,13H,3-6H2,1-2H3,(H,15,17). The molecule has 0 aliphatic carbocycles. The summed E-state index contributed by atoms with van der Waals surface area (Å²) in [6.07, 6.45) is 1.58. The van der Waals surface area contributed by atoms with Gasteiger partial charge in [0.05, 0.1) is 6.20 Å². The Balaban J connectivity index is 1.91. The molecule has 1 aliphatic heterocycles. The largest absolute Gasteiger partial charge is 0.444 e. The maximum absolute atomic E-state index is 11.9. The SMILES string of the molecule is Cc1cnc(C(C)NC(=O)C(=O)N2CCNCC2)o1. The number of carbonyl (C=O) groups is 2. The molecule has 0 saturated carbocycles. The molecule has 0 spiro atoms. The first-order valence-electron chi connectivity index (χ1n) is 6.30. The second-order valence-electron chi connectivity index (χ2n) is 4.55. The molecule has 19 heavy (non-hydrogen) atoms. The fourth-order valence-electron chi connectivity index (χ4n) is 1.90. The third-order valence-electron chi connectivity index (χ3n) is 2.96. The van der Waals surface area contributed by atoms with Crippen molar-refractivity contribution >= 4 is 11.8 Å². The van der Waals surface area contributed by atoms with Gasteiger partial charge >= 0.3 is 11.8 Å². The Morgan fingerprint density at radius 3 is 2.74 bits per heavy atom. The van der Waals surface area contributed by atoms with Gasteiger partial charge < -0.3 is 20.0 Å². The average Bonchev–Trinajstić information content (AvgIpc) is 2.85.